The van der Waals surface area contributed by atoms with Gasteiger partial charge in [0.25, 0.3) is 0 Å². The minimum absolute atomic E-state index is 0.210. The Balaban J connectivity index is 2.40. The van der Waals surface area contributed by atoms with Crippen molar-refractivity contribution in [2.45, 2.75) is 72.6 Å². The Morgan fingerprint density at radius 3 is 1.86 bits per heavy atom. The predicted molar refractivity (Wildman–Crippen MR) is 126 cm³/mol. The van der Waals surface area contributed by atoms with Crippen LogP contribution >= 0.6 is 0 Å². The van der Waals surface area contributed by atoms with Crippen LogP contribution < -0.4 is 8.48 Å². The van der Waals surface area contributed by atoms with Crippen LogP contribution in [0.15, 0.2) is 30.5 Å². The van der Waals surface area contributed by atoms with Gasteiger partial charge in [0.1, 0.15) is 0 Å². The van der Waals surface area contributed by atoms with Crippen molar-refractivity contribution in [2.24, 2.45) is 0 Å². The van der Waals surface area contributed by atoms with Crippen LogP contribution in [-0.4, -0.2) is 42.4 Å². The van der Waals surface area contributed by atoms with Crippen LogP contribution in [0.1, 0.15) is 59.3 Å². The summed E-state index contributed by atoms with van der Waals surface area (Å²) in [6.45, 7) is 6.75. The summed E-state index contributed by atoms with van der Waals surface area (Å²) in [5.74, 6) is 0.679. The maximum absolute atomic E-state index is 15.4. The zero-order valence-corrected chi connectivity index (χ0v) is 21.8. The van der Waals surface area contributed by atoms with Crippen molar-refractivity contribution in [3.05, 3.63) is 36.4 Å². The van der Waals surface area contributed by atoms with Crippen LogP contribution in [-0.2, 0) is 0 Å². The van der Waals surface area contributed by atoms with Crippen LogP contribution in [0.3, 0.4) is 0 Å². The van der Waals surface area contributed by atoms with Crippen molar-refractivity contribution in [3.8, 4) is 11.3 Å². The Morgan fingerprint density at radius 2 is 1.45 bits per heavy atom. The van der Waals surface area contributed by atoms with Crippen LogP contribution in [0.4, 0.5) is 10.2 Å². The van der Waals surface area contributed by atoms with Gasteiger partial charge in [-0.3, -0.25) is 0 Å². The molecule has 2 rings (SSSR count). The van der Waals surface area contributed by atoms with Gasteiger partial charge < -0.3 is 0 Å². The molecule has 0 aliphatic heterocycles. The Morgan fingerprint density at radius 1 is 0.862 bits per heavy atom. The van der Waals surface area contributed by atoms with E-state index in [4.69, 9.17) is 0 Å². The normalized spacial score (nSPS) is 11.7. The molecule has 0 aliphatic rings. The molecule has 0 aromatic carbocycles. The molecule has 0 saturated heterocycles. The average Bonchev–Trinajstić information content (AvgIpc) is 2.73. The van der Waals surface area contributed by atoms with Gasteiger partial charge in [0.15, 0.2) is 0 Å². The SMILES string of the molecule is CCC[CH2][Sn]([CH2]CCC)([CH2]CCC)[c]1ccc(-c2ccc(N(C)C)nc2)nc1F. The molecule has 0 radical (unpaired) electrons. The molecular formula is C24H38FN3Sn. The standard InChI is InChI=1S/C12H11FN3.3C4H9.Sn/c1-16(2)12-7-6-9(8-14-12)10-4-3-5-11(13)15-10;3*1-3-4-2;/h3-4,6-8H,1-2H3;3*1,3-4H2,2H3;. The molecule has 0 fully saturated rings. The molecule has 5 heteroatoms. The van der Waals surface area contributed by atoms with Gasteiger partial charge in [-0.1, -0.05) is 0 Å². The van der Waals surface area contributed by atoms with Crippen molar-refractivity contribution < 1.29 is 4.39 Å². The third kappa shape index (κ3) is 6.40. The number of pyridine rings is 2. The van der Waals surface area contributed by atoms with Gasteiger partial charge in [-0.25, -0.2) is 0 Å². The fourth-order valence-electron chi connectivity index (χ4n) is 4.12. The summed E-state index contributed by atoms with van der Waals surface area (Å²) in [5.41, 5.74) is 1.56. The molecule has 0 saturated carbocycles. The van der Waals surface area contributed by atoms with Crippen molar-refractivity contribution >= 4 is 27.8 Å². The number of nitrogens with zero attached hydrogens (tertiary/aromatic N) is 3. The zero-order chi connectivity index (χ0) is 21.3. The molecule has 0 amide bonds. The first-order valence-electron chi connectivity index (χ1n) is 11.3. The molecule has 0 spiro atoms. The number of unbranched alkanes of at least 4 members (excludes halogenated alkanes) is 3. The molecule has 0 N–H and O–H groups in total. The first-order chi connectivity index (χ1) is 14.0. The van der Waals surface area contributed by atoms with Crippen LogP contribution in [0.25, 0.3) is 11.3 Å². The Hall–Kier alpha value is -1.17. The van der Waals surface area contributed by atoms with Crippen molar-refractivity contribution in [3.63, 3.8) is 0 Å². The van der Waals surface area contributed by atoms with E-state index >= 15 is 4.39 Å². The number of halogens is 1. The second-order valence-electron chi connectivity index (χ2n) is 8.43. The summed E-state index contributed by atoms with van der Waals surface area (Å²) in [6, 6.07) is 8.05. The summed E-state index contributed by atoms with van der Waals surface area (Å²) < 4.78 is 20.2. The monoisotopic (exact) mass is 507 g/mol. The van der Waals surface area contributed by atoms with E-state index in [9.17, 15) is 0 Å². The topological polar surface area (TPSA) is 29.0 Å². The molecule has 0 bridgehead atoms. The van der Waals surface area contributed by atoms with E-state index in [0.717, 1.165) is 15.0 Å². The third-order valence-corrected chi connectivity index (χ3v) is 21.5. The zero-order valence-electron chi connectivity index (χ0n) is 19.0. The predicted octanol–water partition coefficient (Wildman–Crippen LogP) is 6.40. The summed E-state index contributed by atoms with van der Waals surface area (Å²) in [7, 11) is 3.93. The van der Waals surface area contributed by atoms with E-state index in [1.165, 1.54) is 51.8 Å². The molecule has 0 atom stereocenters. The van der Waals surface area contributed by atoms with Gasteiger partial charge in [-0.05, 0) is 0 Å². The fourth-order valence-corrected chi connectivity index (χ4v) is 20.0. The van der Waals surface area contributed by atoms with Gasteiger partial charge in [-0.2, -0.15) is 0 Å². The van der Waals surface area contributed by atoms with Crippen LogP contribution in [0.2, 0.25) is 13.3 Å². The second kappa shape index (κ2) is 11.9. The summed E-state index contributed by atoms with van der Waals surface area (Å²) in [6.07, 6.45) is 9.02. The first kappa shape index (κ1) is 24.1. The Labute approximate surface area is 181 Å². The Kier molecular flexibility index (Phi) is 9.87. The average molecular weight is 506 g/mol. The van der Waals surface area contributed by atoms with Gasteiger partial charge >= 0.3 is 181 Å². The summed E-state index contributed by atoms with van der Waals surface area (Å²) in [4.78, 5) is 10.9. The molecule has 29 heavy (non-hydrogen) atoms. The first-order valence-corrected chi connectivity index (χ1v) is 18.8. The van der Waals surface area contributed by atoms with Gasteiger partial charge in [0.05, 0.1) is 0 Å². The number of hydrogen-bond acceptors (Lipinski definition) is 3. The molecule has 2 aromatic heterocycles. The fraction of sp³-hybridized carbons (Fsp3) is 0.583. The number of anilines is 1. The van der Waals surface area contributed by atoms with Crippen LogP contribution in [0.5, 0.6) is 0 Å². The molecule has 160 valence electrons. The number of rotatable bonds is 12. The van der Waals surface area contributed by atoms with E-state index in [1.54, 1.807) is 6.20 Å². The second-order valence-corrected chi connectivity index (χ2v) is 21.6. The van der Waals surface area contributed by atoms with E-state index in [0.29, 0.717) is 5.69 Å². The van der Waals surface area contributed by atoms with Gasteiger partial charge in [-0.15, -0.1) is 0 Å². The van der Waals surface area contributed by atoms with Crippen molar-refractivity contribution in [1.29, 1.82) is 0 Å². The van der Waals surface area contributed by atoms with Crippen molar-refractivity contribution in [2.75, 3.05) is 19.0 Å². The molecule has 0 unspecified atom stereocenters. The molecular weight excluding hydrogens is 468 g/mol. The van der Waals surface area contributed by atoms with Gasteiger partial charge in [0.2, 0.25) is 0 Å². The molecule has 2 heterocycles. The summed E-state index contributed by atoms with van der Waals surface area (Å²) in [5, 5.41) is 0. The number of aromatic nitrogens is 2. The van der Waals surface area contributed by atoms with E-state index in [1.807, 2.05) is 37.2 Å². The minimum atomic E-state index is -2.81. The molecule has 0 aliphatic carbocycles. The van der Waals surface area contributed by atoms with E-state index in [-0.39, 0.29) is 5.95 Å². The van der Waals surface area contributed by atoms with Crippen molar-refractivity contribution in [1.82, 2.24) is 9.97 Å². The quantitative estimate of drug-likeness (QED) is 0.246. The Bertz CT molecular complexity index is 725. The van der Waals surface area contributed by atoms with E-state index in [2.05, 4.69) is 36.8 Å². The maximum atomic E-state index is 15.4. The van der Waals surface area contributed by atoms with E-state index < -0.39 is 18.4 Å². The number of hydrogen-bond donors (Lipinski definition) is 0. The van der Waals surface area contributed by atoms with Crippen LogP contribution in [0, 0.1) is 5.95 Å². The summed E-state index contributed by atoms with van der Waals surface area (Å²) >= 11 is -2.81. The molecule has 2 aromatic rings. The van der Waals surface area contributed by atoms with Gasteiger partial charge in [0, 0.05) is 0 Å². The third-order valence-electron chi connectivity index (χ3n) is 5.95. The molecule has 3 nitrogen and oxygen atoms in total.